The second-order valence-corrected chi connectivity index (χ2v) is 3.51. The summed E-state index contributed by atoms with van der Waals surface area (Å²) in [5.74, 6) is -2.95. The number of halogens is 2. The number of aldehydes is 1. The highest BCUT2D eigenvalue weighted by molar-refractivity contribution is 5.50. The lowest BCUT2D eigenvalue weighted by atomic mass is 10.2. The lowest BCUT2D eigenvalue weighted by Crippen LogP contribution is -2.19. The maximum absolute atomic E-state index is 12.8. The zero-order chi connectivity index (χ0) is 11.9. The van der Waals surface area contributed by atoms with Crippen LogP contribution in [0, 0.1) is 0 Å². The molecule has 16 heavy (non-hydrogen) atoms. The molecule has 0 heterocycles. The van der Waals surface area contributed by atoms with Gasteiger partial charge in [0.25, 0.3) is 5.92 Å². The van der Waals surface area contributed by atoms with Crippen LogP contribution in [0.3, 0.4) is 0 Å². The average molecular weight is 228 g/mol. The van der Waals surface area contributed by atoms with Crippen molar-refractivity contribution in [1.82, 2.24) is 0 Å². The number of rotatable bonds is 7. The Bertz CT molecular complexity index is 312. The number of alkyl halides is 2. The van der Waals surface area contributed by atoms with Gasteiger partial charge in [-0.2, -0.15) is 0 Å². The molecule has 0 fully saturated rings. The number of carbonyl (C=O) groups excluding carboxylic acids is 1. The number of hydrogen-bond acceptors (Lipinski definition) is 2. The van der Waals surface area contributed by atoms with Crippen molar-refractivity contribution in [2.75, 3.05) is 6.61 Å². The van der Waals surface area contributed by atoms with Gasteiger partial charge in [0, 0.05) is 6.42 Å². The Balaban J connectivity index is 2.19. The third-order valence-electron chi connectivity index (χ3n) is 2.11. The number of benzene rings is 1. The second kappa shape index (κ2) is 6.33. The fourth-order valence-corrected chi connectivity index (χ4v) is 1.21. The summed E-state index contributed by atoms with van der Waals surface area (Å²) in [5.41, 5.74) is 0.946. The minimum atomic E-state index is -2.95. The molecule has 1 rings (SSSR count). The van der Waals surface area contributed by atoms with E-state index < -0.39 is 18.8 Å². The molecule has 0 spiro atoms. The van der Waals surface area contributed by atoms with E-state index in [1.807, 2.05) is 30.3 Å². The van der Waals surface area contributed by atoms with Gasteiger partial charge in [0.05, 0.1) is 19.6 Å². The highest BCUT2D eigenvalue weighted by atomic mass is 19.3. The minimum Gasteiger partial charge on any atom is -0.377 e. The maximum Gasteiger partial charge on any atom is 0.256 e. The first-order chi connectivity index (χ1) is 7.64. The summed E-state index contributed by atoms with van der Waals surface area (Å²) in [6.07, 6.45) is -0.919. The van der Waals surface area contributed by atoms with Crippen LogP contribution in [0.5, 0.6) is 0 Å². The van der Waals surface area contributed by atoms with Crippen LogP contribution in [0.15, 0.2) is 30.3 Å². The van der Waals surface area contributed by atoms with Crippen molar-refractivity contribution in [3.8, 4) is 0 Å². The van der Waals surface area contributed by atoms with Crippen molar-refractivity contribution in [1.29, 1.82) is 0 Å². The third-order valence-corrected chi connectivity index (χ3v) is 2.11. The second-order valence-electron chi connectivity index (χ2n) is 3.51. The molecule has 0 saturated heterocycles. The summed E-state index contributed by atoms with van der Waals surface area (Å²) in [4.78, 5) is 9.95. The molecule has 0 aromatic heterocycles. The van der Waals surface area contributed by atoms with E-state index in [0.29, 0.717) is 6.61 Å². The van der Waals surface area contributed by atoms with Gasteiger partial charge >= 0.3 is 0 Å². The molecule has 1 aromatic rings. The summed E-state index contributed by atoms with van der Waals surface area (Å²) in [6, 6.07) is 9.33. The smallest absolute Gasteiger partial charge is 0.256 e. The quantitative estimate of drug-likeness (QED) is 0.530. The lowest BCUT2D eigenvalue weighted by molar-refractivity contribution is -0.116. The van der Waals surface area contributed by atoms with Crippen molar-refractivity contribution in [2.24, 2.45) is 0 Å². The summed E-state index contributed by atoms with van der Waals surface area (Å²) in [5, 5.41) is 0. The van der Waals surface area contributed by atoms with Gasteiger partial charge in [-0.25, -0.2) is 8.78 Å². The molecule has 0 radical (unpaired) electrons. The van der Waals surface area contributed by atoms with Crippen LogP contribution >= 0.6 is 0 Å². The first kappa shape index (κ1) is 12.8. The molecule has 0 N–H and O–H groups in total. The summed E-state index contributed by atoms with van der Waals surface area (Å²) < 4.78 is 30.8. The fourth-order valence-electron chi connectivity index (χ4n) is 1.21. The molecule has 0 unspecified atom stereocenters. The monoisotopic (exact) mass is 228 g/mol. The Hall–Kier alpha value is -1.29. The Morgan fingerprint density at radius 1 is 1.25 bits per heavy atom. The molecule has 2 nitrogen and oxygen atoms in total. The van der Waals surface area contributed by atoms with Gasteiger partial charge in [-0.3, -0.25) is 0 Å². The largest absolute Gasteiger partial charge is 0.377 e. The lowest BCUT2D eigenvalue weighted by Gasteiger charge is -2.12. The van der Waals surface area contributed by atoms with Crippen LogP contribution in [0.1, 0.15) is 18.4 Å². The van der Waals surface area contributed by atoms with Crippen LogP contribution in [0.2, 0.25) is 0 Å². The fraction of sp³-hybridized carbons (Fsp3) is 0.417. The van der Waals surface area contributed by atoms with Crippen LogP contribution in [-0.2, 0) is 16.1 Å². The summed E-state index contributed by atoms with van der Waals surface area (Å²) in [6.45, 7) is 0.272. The van der Waals surface area contributed by atoms with Gasteiger partial charge in [-0.05, 0) is 5.56 Å². The number of hydrogen-bond donors (Lipinski definition) is 0. The minimum absolute atomic E-state index is 0.0459. The number of carbonyl (C=O) groups is 1. The molecule has 0 aliphatic carbocycles. The van der Waals surface area contributed by atoms with Gasteiger partial charge in [-0.1, -0.05) is 30.3 Å². The molecular weight excluding hydrogens is 214 g/mol. The Morgan fingerprint density at radius 2 is 1.94 bits per heavy atom. The molecule has 88 valence electrons. The van der Waals surface area contributed by atoms with E-state index in [1.54, 1.807) is 0 Å². The Kier molecular flexibility index (Phi) is 5.05. The highest BCUT2D eigenvalue weighted by Crippen LogP contribution is 2.21. The Morgan fingerprint density at radius 3 is 2.56 bits per heavy atom. The normalized spacial score (nSPS) is 11.4. The molecular formula is C12H14F2O2. The zero-order valence-electron chi connectivity index (χ0n) is 8.86. The zero-order valence-corrected chi connectivity index (χ0v) is 8.86. The maximum atomic E-state index is 12.8. The van der Waals surface area contributed by atoms with Gasteiger partial charge in [0.1, 0.15) is 6.29 Å². The molecule has 0 atom stereocenters. The van der Waals surface area contributed by atoms with Crippen LogP contribution in [0.25, 0.3) is 0 Å². The highest BCUT2D eigenvalue weighted by Gasteiger charge is 2.27. The molecule has 1 aromatic carbocycles. The van der Waals surface area contributed by atoms with Crippen molar-refractivity contribution >= 4 is 6.29 Å². The van der Waals surface area contributed by atoms with Gasteiger partial charge in [-0.15, -0.1) is 0 Å². The Labute approximate surface area is 93.2 Å². The first-order valence-corrected chi connectivity index (χ1v) is 5.07. The topological polar surface area (TPSA) is 26.3 Å². The molecule has 0 aliphatic heterocycles. The van der Waals surface area contributed by atoms with Crippen molar-refractivity contribution in [3.63, 3.8) is 0 Å². The van der Waals surface area contributed by atoms with Crippen LogP contribution < -0.4 is 0 Å². The third kappa shape index (κ3) is 4.98. The van der Waals surface area contributed by atoms with Crippen LogP contribution in [0.4, 0.5) is 8.78 Å². The average Bonchev–Trinajstić information content (AvgIpc) is 2.26. The molecule has 0 bridgehead atoms. The summed E-state index contributed by atoms with van der Waals surface area (Å²) in [7, 11) is 0. The van der Waals surface area contributed by atoms with E-state index in [0.717, 1.165) is 5.56 Å². The van der Waals surface area contributed by atoms with E-state index in [4.69, 9.17) is 4.74 Å². The van der Waals surface area contributed by atoms with E-state index in [-0.39, 0.29) is 12.9 Å². The summed E-state index contributed by atoms with van der Waals surface area (Å²) >= 11 is 0. The standard InChI is InChI=1S/C12H14F2O2/c13-12(14,6-8-15)7-9-16-10-11-4-2-1-3-5-11/h1-5,8H,6-7,9-10H2. The van der Waals surface area contributed by atoms with Crippen molar-refractivity contribution in [2.45, 2.75) is 25.4 Å². The van der Waals surface area contributed by atoms with Gasteiger partial charge in [0.15, 0.2) is 0 Å². The predicted octanol–water partition coefficient (Wildman–Crippen LogP) is 2.82. The molecule has 0 saturated carbocycles. The first-order valence-electron chi connectivity index (χ1n) is 5.07. The molecule has 0 amide bonds. The van der Waals surface area contributed by atoms with Gasteiger partial charge in [0.2, 0.25) is 0 Å². The molecule has 4 heteroatoms. The van der Waals surface area contributed by atoms with Crippen molar-refractivity contribution < 1.29 is 18.3 Å². The molecule has 0 aliphatic rings. The number of ether oxygens (including phenoxy) is 1. The van der Waals surface area contributed by atoms with Crippen LogP contribution in [-0.4, -0.2) is 18.8 Å². The van der Waals surface area contributed by atoms with E-state index >= 15 is 0 Å². The van der Waals surface area contributed by atoms with E-state index in [1.165, 1.54) is 0 Å². The van der Waals surface area contributed by atoms with Crippen molar-refractivity contribution in [3.05, 3.63) is 35.9 Å². The van der Waals surface area contributed by atoms with Gasteiger partial charge < -0.3 is 9.53 Å². The van der Waals surface area contributed by atoms with E-state index in [9.17, 15) is 13.6 Å². The van der Waals surface area contributed by atoms with E-state index in [2.05, 4.69) is 0 Å². The predicted molar refractivity (Wildman–Crippen MR) is 56.3 cm³/mol. The SMILES string of the molecule is O=CCC(F)(F)CCOCc1ccccc1.